The Labute approximate surface area is 101 Å². The van der Waals surface area contributed by atoms with Gasteiger partial charge in [0.15, 0.2) is 0 Å². The number of sulfone groups is 1. The molecule has 1 aliphatic rings. The molecule has 3 rings (SSSR count). The lowest BCUT2D eigenvalue weighted by Crippen LogP contribution is -1.99. The second-order valence-electron chi connectivity index (χ2n) is 4.45. The Balaban J connectivity index is 2.51. The van der Waals surface area contributed by atoms with E-state index in [0.717, 1.165) is 22.3 Å². The Morgan fingerprint density at radius 3 is 2.47 bits per heavy atom. The molecule has 0 spiro atoms. The van der Waals surface area contributed by atoms with Gasteiger partial charge in [-0.3, -0.25) is 0 Å². The number of benzene rings is 2. The Kier molecular flexibility index (Phi) is 1.98. The van der Waals surface area contributed by atoms with Crippen LogP contribution in [0.15, 0.2) is 46.2 Å². The van der Waals surface area contributed by atoms with Crippen LogP contribution in [0.3, 0.4) is 0 Å². The summed E-state index contributed by atoms with van der Waals surface area (Å²) in [6.45, 7) is 3.75. The van der Waals surface area contributed by atoms with Gasteiger partial charge in [-0.1, -0.05) is 30.3 Å². The zero-order valence-corrected chi connectivity index (χ0v) is 10.5. The van der Waals surface area contributed by atoms with Crippen LogP contribution in [0.25, 0.3) is 11.1 Å². The van der Waals surface area contributed by atoms with Gasteiger partial charge in [-0.05, 0) is 31.0 Å². The predicted octanol–water partition coefficient (Wildman–Crippen LogP) is 3.12. The second-order valence-corrected chi connectivity index (χ2v) is 6.31. The second kappa shape index (κ2) is 3.20. The largest absolute Gasteiger partial charge is 0.218 e. The summed E-state index contributed by atoms with van der Waals surface area (Å²) >= 11 is 0. The molecule has 0 saturated carbocycles. The fraction of sp³-hybridized carbons (Fsp3) is 0.143. The van der Waals surface area contributed by atoms with Crippen LogP contribution in [0.5, 0.6) is 0 Å². The number of fused-ring (bicyclic) bond motifs is 3. The van der Waals surface area contributed by atoms with Crippen molar-refractivity contribution in [1.29, 1.82) is 0 Å². The van der Waals surface area contributed by atoms with E-state index in [1.54, 1.807) is 6.07 Å². The molecule has 2 nitrogen and oxygen atoms in total. The average Bonchev–Trinajstić information content (AvgIpc) is 2.49. The number of aryl methyl sites for hydroxylation is 2. The summed E-state index contributed by atoms with van der Waals surface area (Å²) in [4.78, 5) is 0.919. The zero-order chi connectivity index (χ0) is 12.2. The van der Waals surface area contributed by atoms with Gasteiger partial charge in [-0.15, -0.1) is 0 Å². The van der Waals surface area contributed by atoms with Gasteiger partial charge in [0.1, 0.15) is 0 Å². The molecular weight excluding hydrogens is 232 g/mol. The normalized spacial score (nSPS) is 15.4. The van der Waals surface area contributed by atoms with E-state index in [1.165, 1.54) is 0 Å². The molecular formula is C14H12O2S. The van der Waals surface area contributed by atoms with E-state index in [9.17, 15) is 8.42 Å². The summed E-state index contributed by atoms with van der Waals surface area (Å²) in [7, 11) is -3.32. The lowest BCUT2D eigenvalue weighted by Gasteiger charge is -2.01. The van der Waals surface area contributed by atoms with Crippen molar-refractivity contribution in [3.8, 4) is 11.1 Å². The summed E-state index contributed by atoms with van der Waals surface area (Å²) in [5.74, 6) is 0. The number of rotatable bonds is 0. The Hall–Kier alpha value is -1.61. The van der Waals surface area contributed by atoms with E-state index in [2.05, 4.69) is 0 Å². The molecule has 3 heteroatoms. The van der Waals surface area contributed by atoms with E-state index in [1.807, 2.05) is 44.2 Å². The molecule has 0 unspecified atom stereocenters. The Bertz CT molecular complexity index is 728. The maximum absolute atomic E-state index is 12.4. The van der Waals surface area contributed by atoms with E-state index in [0.29, 0.717) is 9.79 Å². The van der Waals surface area contributed by atoms with Crippen LogP contribution < -0.4 is 0 Å². The van der Waals surface area contributed by atoms with Gasteiger partial charge >= 0.3 is 0 Å². The highest BCUT2D eigenvalue weighted by atomic mass is 32.2. The Morgan fingerprint density at radius 2 is 1.71 bits per heavy atom. The minimum absolute atomic E-state index is 0.446. The van der Waals surface area contributed by atoms with E-state index in [-0.39, 0.29) is 0 Å². The van der Waals surface area contributed by atoms with Crippen LogP contribution >= 0.6 is 0 Å². The van der Waals surface area contributed by atoms with Gasteiger partial charge in [-0.25, -0.2) is 8.42 Å². The number of hydrogen-bond donors (Lipinski definition) is 0. The fourth-order valence-corrected chi connectivity index (χ4v) is 4.39. The first-order chi connectivity index (χ1) is 8.01. The minimum atomic E-state index is -3.32. The van der Waals surface area contributed by atoms with E-state index in [4.69, 9.17) is 0 Å². The van der Waals surface area contributed by atoms with Crippen LogP contribution in [0.1, 0.15) is 11.1 Å². The van der Waals surface area contributed by atoms with Crippen LogP contribution in [0.4, 0.5) is 0 Å². The smallest absolute Gasteiger partial charge is 0.208 e. The zero-order valence-electron chi connectivity index (χ0n) is 9.69. The van der Waals surface area contributed by atoms with Crippen molar-refractivity contribution >= 4 is 9.84 Å². The van der Waals surface area contributed by atoms with Gasteiger partial charge in [0.2, 0.25) is 9.84 Å². The van der Waals surface area contributed by atoms with Crippen molar-refractivity contribution in [1.82, 2.24) is 0 Å². The third-order valence-electron chi connectivity index (χ3n) is 3.20. The summed E-state index contributed by atoms with van der Waals surface area (Å²) in [6.07, 6.45) is 0. The van der Waals surface area contributed by atoms with Gasteiger partial charge in [0, 0.05) is 11.1 Å². The Morgan fingerprint density at radius 1 is 0.941 bits per heavy atom. The van der Waals surface area contributed by atoms with Crippen molar-refractivity contribution in [2.45, 2.75) is 23.6 Å². The first-order valence-corrected chi connectivity index (χ1v) is 6.96. The lowest BCUT2D eigenvalue weighted by atomic mass is 10.0. The highest BCUT2D eigenvalue weighted by Gasteiger charge is 2.33. The summed E-state index contributed by atoms with van der Waals surface area (Å²) in [5.41, 5.74) is 3.45. The molecule has 1 heterocycles. The highest BCUT2D eigenvalue weighted by Crippen LogP contribution is 2.44. The van der Waals surface area contributed by atoms with Crippen LogP contribution in [0.2, 0.25) is 0 Å². The molecule has 1 aliphatic heterocycles. The molecule has 0 N–H and O–H groups in total. The third kappa shape index (κ3) is 1.29. The van der Waals surface area contributed by atoms with Crippen LogP contribution in [-0.4, -0.2) is 8.42 Å². The molecule has 2 aromatic carbocycles. The SMILES string of the molecule is Cc1ccc2c(c1)S(=O)(=O)c1c(C)cccc1-2. The molecule has 0 amide bonds. The van der Waals surface area contributed by atoms with Gasteiger partial charge in [0.05, 0.1) is 9.79 Å². The maximum Gasteiger partial charge on any atom is 0.208 e. The molecule has 0 bridgehead atoms. The van der Waals surface area contributed by atoms with Crippen molar-refractivity contribution in [3.05, 3.63) is 47.5 Å². The predicted molar refractivity (Wildman–Crippen MR) is 66.8 cm³/mol. The summed E-state index contributed by atoms with van der Waals surface area (Å²) < 4.78 is 24.9. The lowest BCUT2D eigenvalue weighted by molar-refractivity contribution is 0.598. The fourth-order valence-electron chi connectivity index (χ4n) is 2.41. The minimum Gasteiger partial charge on any atom is -0.218 e. The molecule has 2 aromatic rings. The number of hydrogen-bond acceptors (Lipinski definition) is 2. The topological polar surface area (TPSA) is 34.1 Å². The van der Waals surface area contributed by atoms with Gasteiger partial charge < -0.3 is 0 Å². The first kappa shape index (κ1) is 10.5. The van der Waals surface area contributed by atoms with E-state index < -0.39 is 9.84 Å². The van der Waals surface area contributed by atoms with Gasteiger partial charge in [-0.2, -0.15) is 0 Å². The average molecular weight is 244 g/mol. The maximum atomic E-state index is 12.4. The highest BCUT2D eigenvalue weighted by molar-refractivity contribution is 7.92. The molecule has 0 fully saturated rings. The molecule has 0 radical (unpaired) electrons. The summed E-state index contributed by atoms with van der Waals surface area (Å²) in [6, 6.07) is 11.2. The first-order valence-electron chi connectivity index (χ1n) is 5.47. The summed E-state index contributed by atoms with van der Waals surface area (Å²) in [5, 5.41) is 0. The van der Waals surface area contributed by atoms with Crippen LogP contribution in [-0.2, 0) is 9.84 Å². The van der Waals surface area contributed by atoms with Crippen molar-refractivity contribution in [2.75, 3.05) is 0 Å². The molecule has 86 valence electrons. The molecule has 0 atom stereocenters. The van der Waals surface area contributed by atoms with Crippen molar-refractivity contribution in [3.63, 3.8) is 0 Å². The molecule has 0 saturated heterocycles. The monoisotopic (exact) mass is 244 g/mol. The molecule has 17 heavy (non-hydrogen) atoms. The van der Waals surface area contributed by atoms with Gasteiger partial charge in [0.25, 0.3) is 0 Å². The molecule has 0 aromatic heterocycles. The third-order valence-corrected chi connectivity index (χ3v) is 5.19. The molecule has 0 aliphatic carbocycles. The quantitative estimate of drug-likeness (QED) is 0.609. The van der Waals surface area contributed by atoms with E-state index >= 15 is 0 Å². The van der Waals surface area contributed by atoms with Crippen LogP contribution in [0, 0.1) is 13.8 Å². The van der Waals surface area contributed by atoms with Crippen molar-refractivity contribution in [2.24, 2.45) is 0 Å². The standard InChI is InChI=1S/C14H12O2S/c1-9-6-7-11-12-5-3-4-10(2)14(12)17(15,16)13(11)8-9/h3-8H,1-2H3. The van der Waals surface area contributed by atoms with Crippen molar-refractivity contribution < 1.29 is 8.42 Å².